The fraction of sp³-hybridized carbons (Fsp3) is 0.433. The van der Waals surface area contributed by atoms with Crippen molar-refractivity contribution >= 4 is 50.7 Å². The molecule has 208 valence electrons. The summed E-state index contributed by atoms with van der Waals surface area (Å²) in [5, 5.41) is 18.2. The molecule has 7 rings (SSSR count). The van der Waals surface area contributed by atoms with Gasteiger partial charge in [-0.1, -0.05) is 34.4 Å². The Bertz CT molecular complexity index is 1580. The Balaban J connectivity index is 1.12. The highest BCUT2D eigenvalue weighted by Gasteiger charge is 2.56. The van der Waals surface area contributed by atoms with Gasteiger partial charge in [0, 0.05) is 17.0 Å². The number of carbonyl (C=O) groups is 1. The summed E-state index contributed by atoms with van der Waals surface area (Å²) in [6.07, 6.45) is 5.46. The summed E-state index contributed by atoms with van der Waals surface area (Å²) in [5.41, 5.74) is 2.50. The molecule has 2 bridgehead atoms. The zero-order valence-electron chi connectivity index (χ0n) is 21.9. The molecule has 3 saturated carbocycles. The highest BCUT2D eigenvalue weighted by atomic mass is 35.5. The van der Waals surface area contributed by atoms with Gasteiger partial charge in [-0.25, -0.2) is 9.78 Å². The van der Waals surface area contributed by atoms with Crippen LogP contribution in [0, 0.1) is 11.8 Å². The van der Waals surface area contributed by atoms with Crippen molar-refractivity contribution in [2.75, 3.05) is 7.11 Å². The lowest BCUT2D eigenvalue weighted by Crippen LogP contribution is -2.44. The average Bonchev–Trinajstić information content (AvgIpc) is 3.53. The van der Waals surface area contributed by atoms with Gasteiger partial charge in [0.1, 0.15) is 22.1 Å². The number of aliphatic hydroxyl groups is 1. The van der Waals surface area contributed by atoms with Gasteiger partial charge in [0.2, 0.25) is 0 Å². The second kappa shape index (κ2) is 10.1. The molecule has 4 aromatic rings. The maximum atomic E-state index is 12.1. The molecule has 40 heavy (non-hydrogen) atoms. The summed E-state index contributed by atoms with van der Waals surface area (Å²) in [4.78, 5) is 16.8. The Hall–Kier alpha value is -2.49. The van der Waals surface area contributed by atoms with Crippen molar-refractivity contribution in [2.24, 2.45) is 11.8 Å². The van der Waals surface area contributed by atoms with Crippen LogP contribution in [0.25, 0.3) is 21.5 Å². The predicted octanol–water partition coefficient (Wildman–Crippen LogP) is 7.52. The first kappa shape index (κ1) is 26.4. The van der Waals surface area contributed by atoms with Crippen LogP contribution in [0.2, 0.25) is 10.0 Å². The van der Waals surface area contributed by atoms with Crippen molar-refractivity contribution in [1.82, 2.24) is 10.1 Å². The van der Waals surface area contributed by atoms with Crippen molar-refractivity contribution in [3.63, 3.8) is 0 Å². The van der Waals surface area contributed by atoms with Crippen LogP contribution in [0.4, 0.5) is 0 Å². The van der Waals surface area contributed by atoms with E-state index in [0.29, 0.717) is 39.4 Å². The molecule has 3 fully saturated rings. The van der Waals surface area contributed by atoms with Gasteiger partial charge >= 0.3 is 5.97 Å². The standard InChI is InChI=1S/C30H28Cl2N2O5S/c1-37-28(35)16-7-10-23-24(11-16)40-29(33-23)30(36)17-8-9-18(30)13-19(12-17)38-14-20-26(34-39-27(20)15-5-6-15)25-21(31)3-2-4-22(25)32/h2-4,7,10-11,15,17-19,36H,5-6,8-9,12-14H2,1H3/t17-,18+,19+,30-. The highest BCUT2D eigenvalue weighted by Crippen LogP contribution is 2.57. The molecule has 10 heteroatoms. The summed E-state index contributed by atoms with van der Waals surface area (Å²) < 4.78 is 18.1. The molecule has 0 unspecified atom stereocenters. The van der Waals surface area contributed by atoms with Gasteiger partial charge in [-0.05, 0) is 80.7 Å². The molecule has 2 heterocycles. The zero-order valence-corrected chi connectivity index (χ0v) is 24.2. The molecule has 1 N–H and O–H groups in total. The van der Waals surface area contributed by atoms with E-state index < -0.39 is 5.60 Å². The molecular weight excluding hydrogens is 571 g/mol. The number of halogens is 2. The first-order chi connectivity index (χ1) is 19.4. The zero-order chi connectivity index (χ0) is 27.6. The second-order valence-electron chi connectivity index (χ2n) is 11.1. The number of benzene rings is 2. The number of ether oxygens (including phenoxy) is 2. The highest BCUT2D eigenvalue weighted by molar-refractivity contribution is 7.18. The Labute approximate surface area is 245 Å². The molecule has 0 saturated heterocycles. The predicted molar refractivity (Wildman–Crippen MR) is 153 cm³/mol. The molecule has 2 aromatic heterocycles. The van der Waals surface area contributed by atoms with Gasteiger partial charge in [0.15, 0.2) is 0 Å². The Kier molecular flexibility index (Phi) is 6.67. The molecule has 0 aliphatic heterocycles. The largest absolute Gasteiger partial charge is 0.465 e. The van der Waals surface area contributed by atoms with Crippen LogP contribution in [-0.2, 0) is 21.7 Å². The second-order valence-corrected chi connectivity index (χ2v) is 13.0. The van der Waals surface area contributed by atoms with Crippen molar-refractivity contribution in [3.05, 3.63) is 68.3 Å². The van der Waals surface area contributed by atoms with E-state index in [9.17, 15) is 9.90 Å². The molecule has 3 aliphatic carbocycles. The summed E-state index contributed by atoms with van der Waals surface area (Å²) in [6.45, 7) is 0.353. The smallest absolute Gasteiger partial charge is 0.337 e. The van der Waals surface area contributed by atoms with E-state index in [1.54, 1.807) is 24.3 Å². The van der Waals surface area contributed by atoms with Gasteiger partial charge in [0.05, 0.1) is 45.6 Å². The Morgan fingerprint density at radius 3 is 2.52 bits per heavy atom. The monoisotopic (exact) mass is 598 g/mol. The van der Waals surface area contributed by atoms with Gasteiger partial charge in [-0.3, -0.25) is 0 Å². The summed E-state index contributed by atoms with van der Waals surface area (Å²) >= 11 is 14.5. The molecule has 0 spiro atoms. The minimum absolute atomic E-state index is 0.00500. The molecule has 7 nitrogen and oxygen atoms in total. The number of esters is 1. The van der Waals surface area contributed by atoms with Crippen molar-refractivity contribution in [3.8, 4) is 11.3 Å². The van der Waals surface area contributed by atoms with Gasteiger partial charge in [-0.2, -0.15) is 0 Å². The lowest BCUT2D eigenvalue weighted by Gasteiger charge is -2.41. The number of hydrogen-bond acceptors (Lipinski definition) is 8. The average molecular weight is 600 g/mol. The first-order valence-corrected chi connectivity index (χ1v) is 15.2. The van der Waals surface area contributed by atoms with E-state index in [1.165, 1.54) is 18.4 Å². The minimum Gasteiger partial charge on any atom is -0.465 e. The van der Waals surface area contributed by atoms with E-state index >= 15 is 0 Å². The van der Waals surface area contributed by atoms with Crippen LogP contribution in [0.5, 0.6) is 0 Å². The normalized spacial score (nSPS) is 25.9. The molecule has 0 radical (unpaired) electrons. The van der Waals surface area contributed by atoms with Crippen LogP contribution in [-0.4, -0.2) is 34.4 Å². The Morgan fingerprint density at radius 1 is 1.12 bits per heavy atom. The topological polar surface area (TPSA) is 94.7 Å². The van der Waals surface area contributed by atoms with Gasteiger partial charge < -0.3 is 19.1 Å². The minimum atomic E-state index is -0.998. The number of fused-ring (bicyclic) bond motifs is 3. The van der Waals surface area contributed by atoms with E-state index in [0.717, 1.165) is 65.1 Å². The van der Waals surface area contributed by atoms with Crippen LogP contribution in [0.1, 0.15) is 71.1 Å². The number of rotatable bonds is 7. The van der Waals surface area contributed by atoms with Crippen LogP contribution < -0.4 is 0 Å². The quantitative estimate of drug-likeness (QED) is 0.220. The fourth-order valence-corrected chi connectivity index (χ4v) is 8.41. The van der Waals surface area contributed by atoms with E-state index in [-0.39, 0.29) is 23.9 Å². The van der Waals surface area contributed by atoms with E-state index in [2.05, 4.69) is 5.16 Å². The number of nitrogens with zero attached hydrogens (tertiary/aromatic N) is 2. The van der Waals surface area contributed by atoms with E-state index in [1.807, 2.05) is 12.1 Å². The molecule has 2 aromatic carbocycles. The molecular formula is C30H28Cl2N2O5S. The fourth-order valence-electron chi connectivity index (χ4n) is 6.58. The van der Waals surface area contributed by atoms with Crippen LogP contribution in [0.15, 0.2) is 40.9 Å². The van der Waals surface area contributed by atoms with Gasteiger partial charge in [0.25, 0.3) is 0 Å². The summed E-state index contributed by atoms with van der Waals surface area (Å²) in [6, 6.07) is 10.7. The van der Waals surface area contributed by atoms with Crippen molar-refractivity contribution in [2.45, 2.75) is 62.8 Å². The number of thiazole rings is 1. The SMILES string of the molecule is COC(=O)c1ccc2nc([C@@]3(O)[C@@H]4CC[C@H]3C[C@@H](OCc3c(-c5c(Cl)cccc5Cl)noc3C3CC3)C4)sc2c1. The maximum absolute atomic E-state index is 12.1. The lowest BCUT2D eigenvalue weighted by molar-refractivity contribution is -0.116. The third-order valence-electron chi connectivity index (χ3n) is 8.78. The van der Waals surface area contributed by atoms with Gasteiger partial charge in [-0.15, -0.1) is 11.3 Å². The summed E-state index contributed by atoms with van der Waals surface area (Å²) in [5.74, 6) is 0.917. The summed E-state index contributed by atoms with van der Waals surface area (Å²) in [7, 11) is 1.37. The maximum Gasteiger partial charge on any atom is 0.337 e. The third kappa shape index (κ3) is 4.36. The first-order valence-electron chi connectivity index (χ1n) is 13.6. The van der Waals surface area contributed by atoms with Crippen molar-refractivity contribution in [1.29, 1.82) is 0 Å². The van der Waals surface area contributed by atoms with Crippen LogP contribution in [0.3, 0.4) is 0 Å². The molecule has 0 amide bonds. The molecule has 3 aliphatic rings. The number of carbonyl (C=O) groups excluding carboxylic acids is 1. The van der Waals surface area contributed by atoms with E-state index in [4.69, 9.17) is 42.2 Å². The molecule has 4 atom stereocenters. The Morgan fingerprint density at radius 2 is 1.85 bits per heavy atom. The number of hydrogen-bond donors (Lipinski definition) is 1. The number of methoxy groups -OCH3 is 1. The lowest BCUT2D eigenvalue weighted by atomic mass is 9.73. The van der Waals surface area contributed by atoms with Crippen molar-refractivity contribution < 1.29 is 23.9 Å². The third-order valence-corrected chi connectivity index (χ3v) is 10.6. The van der Waals surface area contributed by atoms with Crippen LogP contribution >= 0.6 is 34.5 Å². The number of aromatic nitrogens is 2.